The second-order valence-electron chi connectivity index (χ2n) is 4.73. The molecule has 0 radical (unpaired) electrons. The fraction of sp³-hybridized carbons (Fsp3) is 0.250. The molecule has 2 aromatic carbocycles. The number of nitrogens with one attached hydrogen (secondary N) is 1. The molecule has 1 unspecified atom stereocenters. The van der Waals surface area contributed by atoms with Gasteiger partial charge in [-0.25, -0.2) is 4.39 Å². The zero-order valence-corrected chi connectivity index (χ0v) is 15.6. The van der Waals surface area contributed by atoms with Gasteiger partial charge < -0.3 is 5.32 Å². The van der Waals surface area contributed by atoms with E-state index in [4.69, 9.17) is 11.6 Å². The zero-order valence-electron chi connectivity index (χ0n) is 11.7. The summed E-state index contributed by atoms with van der Waals surface area (Å²) in [5.74, 6) is -0.281. The summed E-state index contributed by atoms with van der Waals surface area (Å²) in [6, 6.07) is 8.78. The zero-order chi connectivity index (χ0) is 15.6. The highest BCUT2D eigenvalue weighted by atomic mass is 79.9. The highest BCUT2D eigenvalue weighted by Gasteiger charge is 2.21. The molecule has 0 aliphatic carbocycles. The number of hydrogen-bond acceptors (Lipinski definition) is 1. The van der Waals surface area contributed by atoms with Gasteiger partial charge in [0.2, 0.25) is 0 Å². The van der Waals surface area contributed by atoms with E-state index in [0.29, 0.717) is 15.1 Å². The molecule has 1 nitrogen and oxygen atoms in total. The van der Waals surface area contributed by atoms with Gasteiger partial charge in [0.1, 0.15) is 5.82 Å². The fourth-order valence-electron chi connectivity index (χ4n) is 2.29. The first-order valence-electron chi connectivity index (χ1n) is 6.58. The third-order valence-electron chi connectivity index (χ3n) is 3.38. The molecule has 0 bridgehead atoms. The van der Waals surface area contributed by atoms with E-state index in [-0.39, 0.29) is 11.9 Å². The van der Waals surface area contributed by atoms with Gasteiger partial charge in [-0.2, -0.15) is 0 Å². The molecule has 112 valence electrons. The van der Waals surface area contributed by atoms with Gasteiger partial charge in [0.05, 0.1) is 11.1 Å². The van der Waals surface area contributed by atoms with E-state index in [9.17, 15) is 4.39 Å². The van der Waals surface area contributed by atoms with E-state index in [1.807, 2.05) is 32.0 Å². The standard InChI is InChI=1S/C16H15Br2ClFN/c1-3-21-16(10-5-4-6-12(17)9(10)2)11-7-14(19)13(18)8-15(11)20/h4-8,16,21H,3H2,1-2H3. The minimum atomic E-state index is -0.281. The van der Waals surface area contributed by atoms with Crippen LogP contribution in [-0.2, 0) is 0 Å². The van der Waals surface area contributed by atoms with Crippen LogP contribution in [0.15, 0.2) is 39.3 Å². The van der Waals surface area contributed by atoms with Gasteiger partial charge in [0, 0.05) is 14.5 Å². The molecule has 0 heterocycles. The van der Waals surface area contributed by atoms with Gasteiger partial charge >= 0.3 is 0 Å². The molecule has 0 aliphatic rings. The van der Waals surface area contributed by atoms with E-state index >= 15 is 0 Å². The average molecular weight is 436 g/mol. The Balaban J connectivity index is 2.59. The quantitative estimate of drug-likeness (QED) is 0.580. The molecule has 0 aliphatic heterocycles. The molecule has 5 heteroatoms. The Morgan fingerprint density at radius 1 is 1.19 bits per heavy atom. The maximum Gasteiger partial charge on any atom is 0.129 e. The minimum absolute atomic E-state index is 0.238. The Morgan fingerprint density at radius 2 is 1.90 bits per heavy atom. The highest BCUT2D eigenvalue weighted by Crippen LogP contribution is 2.34. The summed E-state index contributed by atoms with van der Waals surface area (Å²) < 4.78 is 15.9. The van der Waals surface area contributed by atoms with Crippen molar-refractivity contribution in [1.82, 2.24) is 5.32 Å². The van der Waals surface area contributed by atoms with Crippen LogP contribution in [0.3, 0.4) is 0 Å². The molecule has 21 heavy (non-hydrogen) atoms. The molecule has 2 rings (SSSR count). The molecular formula is C16H15Br2ClFN. The summed E-state index contributed by atoms with van der Waals surface area (Å²) >= 11 is 12.9. The second kappa shape index (κ2) is 7.23. The van der Waals surface area contributed by atoms with Crippen molar-refractivity contribution in [1.29, 1.82) is 0 Å². The van der Waals surface area contributed by atoms with Crippen LogP contribution in [0.25, 0.3) is 0 Å². The summed E-state index contributed by atoms with van der Waals surface area (Å²) in [5, 5.41) is 3.84. The Labute approximate surface area is 146 Å². The van der Waals surface area contributed by atoms with Crippen LogP contribution < -0.4 is 5.32 Å². The van der Waals surface area contributed by atoms with Crippen LogP contribution in [0.4, 0.5) is 4.39 Å². The van der Waals surface area contributed by atoms with Gasteiger partial charge in [0.15, 0.2) is 0 Å². The fourth-order valence-corrected chi connectivity index (χ4v) is 3.16. The molecule has 0 amide bonds. The molecular weight excluding hydrogens is 420 g/mol. The summed E-state index contributed by atoms with van der Waals surface area (Å²) in [6.45, 7) is 4.74. The molecule has 1 atom stereocenters. The Bertz CT molecular complexity index is 661. The van der Waals surface area contributed by atoms with E-state index in [1.165, 1.54) is 6.07 Å². The summed E-state index contributed by atoms with van der Waals surface area (Å²) in [4.78, 5) is 0. The monoisotopic (exact) mass is 433 g/mol. The van der Waals surface area contributed by atoms with Crippen LogP contribution in [-0.4, -0.2) is 6.54 Å². The number of rotatable bonds is 4. The third-order valence-corrected chi connectivity index (χ3v) is 5.44. The lowest BCUT2D eigenvalue weighted by molar-refractivity contribution is 0.557. The predicted octanol–water partition coefficient (Wildman–Crippen LogP) is 6.01. The van der Waals surface area contributed by atoms with Gasteiger partial charge in [-0.3, -0.25) is 0 Å². The topological polar surface area (TPSA) is 12.0 Å². The SMILES string of the molecule is CCNC(c1cc(Cl)c(Br)cc1F)c1cccc(Br)c1C. The molecule has 1 N–H and O–H groups in total. The van der Waals surface area contributed by atoms with Crippen molar-refractivity contribution >= 4 is 43.5 Å². The Morgan fingerprint density at radius 3 is 2.57 bits per heavy atom. The van der Waals surface area contributed by atoms with Crippen LogP contribution in [0, 0.1) is 12.7 Å². The highest BCUT2D eigenvalue weighted by molar-refractivity contribution is 9.10. The van der Waals surface area contributed by atoms with E-state index in [0.717, 1.165) is 22.1 Å². The summed E-state index contributed by atoms with van der Waals surface area (Å²) in [5.41, 5.74) is 2.66. The maximum atomic E-state index is 14.4. The molecule has 0 saturated heterocycles. The number of benzene rings is 2. The first kappa shape index (κ1) is 16.9. The maximum absolute atomic E-state index is 14.4. The smallest absolute Gasteiger partial charge is 0.129 e. The first-order chi connectivity index (χ1) is 9.95. The van der Waals surface area contributed by atoms with Gasteiger partial charge in [-0.15, -0.1) is 0 Å². The molecule has 0 spiro atoms. The van der Waals surface area contributed by atoms with Gasteiger partial charge in [-0.1, -0.05) is 46.6 Å². The number of hydrogen-bond donors (Lipinski definition) is 1. The molecule has 0 fully saturated rings. The summed E-state index contributed by atoms with van der Waals surface area (Å²) in [7, 11) is 0. The normalized spacial score (nSPS) is 12.5. The Kier molecular flexibility index (Phi) is 5.83. The van der Waals surface area contributed by atoms with Gasteiger partial charge in [0.25, 0.3) is 0 Å². The summed E-state index contributed by atoms with van der Waals surface area (Å²) in [6.07, 6.45) is 0. The van der Waals surface area contributed by atoms with Crippen molar-refractivity contribution in [3.8, 4) is 0 Å². The molecule has 0 aromatic heterocycles. The average Bonchev–Trinajstić information content (AvgIpc) is 2.44. The second-order valence-corrected chi connectivity index (χ2v) is 6.85. The van der Waals surface area contributed by atoms with E-state index in [2.05, 4.69) is 37.2 Å². The largest absolute Gasteiger partial charge is 0.306 e. The van der Waals surface area contributed by atoms with E-state index in [1.54, 1.807) is 6.07 Å². The molecule has 2 aromatic rings. The van der Waals surface area contributed by atoms with Crippen molar-refractivity contribution in [3.05, 3.63) is 66.8 Å². The lowest BCUT2D eigenvalue weighted by Crippen LogP contribution is -2.24. The van der Waals surface area contributed by atoms with E-state index < -0.39 is 0 Å². The minimum Gasteiger partial charge on any atom is -0.306 e. The van der Waals surface area contributed by atoms with Crippen LogP contribution in [0.1, 0.15) is 29.7 Å². The van der Waals surface area contributed by atoms with Crippen molar-refractivity contribution in [2.75, 3.05) is 6.54 Å². The lowest BCUT2D eigenvalue weighted by atomic mass is 9.94. The molecule has 0 saturated carbocycles. The van der Waals surface area contributed by atoms with Crippen molar-refractivity contribution in [2.24, 2.45) is 0 Å². The van der Waals surface area contributed by atoms with Crippen LogP contribution in [0.2, 0.25) is 5.02 Å². The third kappa shape index (κ3) is 3.67. The first-order valence-corrected chi connectivity index (χ1v) is 8.55. The predicted molar refractivity (Wildman–Crippen MR) is 93.5 cm³/mol. The van der Waals surface area contributed by atoms with Crippen LogP contribution in [0.5, 0.6) is 0 Å². The van der Waals surface area contributed by atoms with Crippen molar-refractivity contribution in [2.45, 2.75) is 19.9 Å². The van der Waals surface area contributed by atoms with Gasteiger partial charge in [-0.05, 0) is 58.7 Å². The van der Waals surface area contributed by atoms with Crippen molar-refractivity contribution < 1.29 is 4.39 Å². The lowest BCUT2D eigenvalue weighted by Gasteiger charge is -2.22. The van der Waals surface area contributed by atoms with Crippen LogP contribution >= 0.6 is 43.5 Å². The van der Waals surface area contributed by atoms with Crippen molar-refractivity contribution in [3.63, 3.8) is 0 Å². The Hall–Kier alpha value is -0.420. The number of halogens is 4.